The molecule has 0 fully saturated rings. The first kappa shape index (κ1) is 17.3. The van der Waals surface area contributed by atoms with Gasteiger partial charge in [-0.25, -0.2) is 23.1 Å². The second-order valence-corrected chi connectivity index (χ2v) is 6.97. The minimum atomic E-state index is -3.54. The van der Waals surface area contributed by atoms with Crippen LogP contribution in [0, 0.1) is 0 Å². The zero-order valence-corrected chi connectivity index (χ0v) is 13.6. The molecule has 114 valence electrons. The van der Waals surface area contributed by atoms with E-state index >= 15 is 0 Å². The van der Waals surface area contributed by atoms with Gasteiger partial charge in [0.15, 0.2) is 0 Å². The molecule has 0 saturated carbocycles. The van der Waals surface area contributed by atoms with Crippen LogP contribution >= 0.6 is 11.6 Å². The summed E-state index contributed by atoms with van der Waals surface area (Å²) < 4.78 is 26.3. The van der Waals surface area contributed by atoms with Crippen molar-refractivity contribution in [3.8, 4) is 0 Å². The molecule has 0 atom stereocenters. The van der Waals surface area contributed by atoms with E-state index in [1.54, 1.807) is 0 Å². The van der Waals surface area contributed by atoms with Crippen molar-refractivity contribution in [1.82, 2.24) is 19.6 Å². The number of halogens is 1. The molecule has 1 rings (SSSR count). The Labute approximate surface area is 125 Å². The molecule has 0 aliphatic carbocycles. The Morgan fingerprint density at radius 3 is 2.45 bits per heavy atom. The summed E-state index contributed by atoms with van der Waals surface area (Å²) in [6.07, 6.45) is 4.12. The van der Waals surface area contributed by atoms with Gasteiger partial charge >= 0.3 is 0 Å². The van der Waals surface area contributed by atoms with Crippen molar-refractivity contribution in [1.29, 1.82) is 0 Å². The van der Waals surface area contributed by atoms with Crippen molar-refractivity contribution in [3.05, 3.63) is 17.7 Å². The van der Waals surface area contributed by atoms with Gasteiger partial charge < -0.3 is 4.90 Å². The molecule has 0 aromatic carbocycles. The Morgan fingerprint density at radius 1 is 1.30 bits per heavy atom. The van der Waals surface area contributed by atoms with Crippen molar-refractivity contribution in [2.24, 2.45) is 0 Å². The highest BCUT2D eigenvalue weighted by Gasteiger charge is 2.14. The molecule has 8 heteroatoms. The van der Waals surface area contributed by atoms with E-state index in [0.29, 0.717) is 12.6 Å². The molecule has 0 saturated heterocycles. The number of rotatable bonds is 8. The third kappa shape index (κ3) is 5.70. The molecule has 0 bridgehead atoms. The smallest absolute Gasteiger partial charge is 0.243 e. The summed E-state index contributed by atoms with van der Waals surface area (Å²) in [7, 11) is -1.49. The zero-order chi connectivity index (χ0) is 15.2. The molecule has 1 aromatic rings. The van der Waals surface area contributed by atoms with Crippen molar-refractivity contribution in [3.63, 3.8) is 0 Å². The Balaban J connectivity index is 2.36. The van der Waals surface area contributed by atoms with Gasteiger partial charge in [0.1, 0.15) is 4.90 Å². The van der Waals surface area contributed by atoms with E-state index < -0.39 is 10.0 Å². The van der Waals surface area contributed by atoms with Gasteiger partial charge in [-0.2, -0.15) is 0 Å². The van der Waals surface area contributed by atoms with Crippen LogP contribution in [0.5, 0.6) is 0 Å². The summed E-state index contributed by atoms with van der Waals surface area (Å²) in [6.45, 7) is 5.60. The van der Waals surface area contributed by atoms with Crippen LogP contribution in [0.15, 0.2) is 17.3 Å². The average molecular weight is 321 g/mol. The van der Waals surface area contributed by atoms with Gasteiger partial charge in [0.2, 0.25) is 15.3 Å². The molecule has 1 aromatic heterocycles. The Bertz CT molecular complexity index is 505. The molecule has 6 nitrogen and oxygen atoms in total. The van der Waals surface area contributed by atoms with E-state index in [9.17, 15) is 8.42 Å². The SMILES string of the molecule is CC(C)N(C)CCCCNS(=O)(=O)c1cnc(Cl)nc1. The van der Waals surface area contributed by atoms with Crippen LogP contribution in [0.1, 0.15) is 26.7 Å². The summed E-state index contributed by atoms with van der Waals surface area (Å²) in [6, 6.07) is 0.498. The summed E-state index contributed by atoms with van der Waals surface area (Å²) in [4.78, 5) is 9.57. The number of nitrogens with one attached hydrogen (secondary N) is 1. The molecular formula is C12H21ClN4O2S. The Kier molecular flexibility index (Phi) is 6.81. The highest BCUT2D eigenvalue weighted by molar-refractivity contribution is 7.89. The normalized spacial score (nSPS) is 12.3. The quantitative estimate of drug-likeness (QED) is 0.580. The van der Waals surface area contributed by atoms with Crippen molar-refractivity contribution in [2.45, 2.75) is 37.6 Å². The zero-order valence-electron chi connectivity index (χ0n) is 12.0. The lowest BCUT2D eigenvalue weighted by Crippen LogP contribution is -2.29. The fourth-order valence-electron chi connectivity index (χ4n) is 1.47. The second-order valence-electron chi connectivity index (χ2n) is 4.87. The van der Waals surface area contributed by atoms with Gasteiger partial charge in [0, 0.05) is 12.6 Å². The lowest BCUT2D eigenvalue weighted by atomic mass is 10.2. The van der Waals surface area contributed by atoms with Crippen LogP contribution in [-0.4, -0.2) is 49.5 Å². The van der Waals surface area contributed by atoms with Gasteiger partial charge in [0.25, 0.3) is 0 Å². The van der Waals surface area contributed by atoms with E-state index in [1.165, 1.54) is 12.4 Å². The highest BCUT2D eigenvalue weighted by atomic mass is 35.5. The van der Waals surface area contributed by atoms with E-state index in [0.717, 1.165) is 19.4 Å². The summed E-state index contributed by atoms with van der Waals surface area (Å²) >= 11 is 5.52. The summed E-state index contributed by atoms with van der Waals surface area (Å²) in [5.41, 5.74) is 0. The first-order valence-electron chi connectivity index (χ1n) is 6.50. The predicted octanol–water partition coefficient (Wildman–Crippen LogP) is 1.53. The minimum absolute atomic E-state index is 0.0284. The van der Waals surface area contributed by atoms with Crippen LogP contribution in [0.3, 0.4) is 0 Å². The molecule has 0 spiro atoms. The van der Waals surface area contributed by atoms with Crippen molar-refractivity contribution in [2.75, 3.05) is 20.1 Å². The minimum Gasteiger partial charge on any atom is -0.304 e. The van der Waals surface area contributed by atoms with Gasteiger partial charge in [-0.1, -0.05) is 0 Å². The maximum Gasteiger partial charge on any atom is 0.243 e. The fourth-order valence-corrected chi connectivity index (χ4v) is 2.53. The first-order valence-corrected chi connectivity index (χ1v) is 8.36. The molecule has 0 unspecified atom stereocenters. The molecular weight excluding hydrogens is 300 g/mol. The third-order valence-electron chi connectivity index (χ3n) is 3.02. The number of nitrogens with zero attached hydrogens (tertiary/aromatic N) is 3. The Hall–Kier alpha value is -0.760. The fraction of sp³-hybridized carbons (Fsp3) is 0.667. The first-order chi connectivity index (χ1) is 9.33. The number of aromatic nitrogens is 2. The average Bonchev–Trinajstić information content (AvgIpc) is 2.38. The van der Waals surface area contributed by atoms with E-state index in [4.69, 9.17) is 11.6 Å². The number of sulfonamides is 1. The molecule has 0 amide bonds. The number of hydrogen-bond donors (Lipinski definition) is 1. The highest BCUT2D eigenvalue weighted by Crippen LogP contribution is 2.07. The van der Waals surface area contributed by atoms with Crippen LogP contribution in [0.25, 0.3) is 0 Å². The number of unbranched alkanes of at least 4 members (excludes halogenated alkanes) is 1. The summed E-state index contributed by atoms with van der Waals surface area (Å²) in [5.74, 6) is 0. The van der Waals surface area contributed by atoms with Crippen LogP contribution < -0.4 is 4.72 Å². The third-order valence-corrected chi connectivity index (χ3v) is 4.63. The summed E-state index contributed by atoms with van der Waals surface area (Å²) in [5, 5.41) is 0.0284. The van der Waals surface area contributed by atoms with E-state index in [2.05, 4.69) is 40.5 Å². The predicted molar refractivity (Wildman–Crippen MR) is 79.2 cm³/mol. The van der Waals surface area contributed by atoms with E-state index in [-0.39, 0.29) is 10.2 Å². The van der Waals surface area contributed by atoms with Crippen LogP contribution in [0.2, 0.25) is 5.28 Å². The molecule has 1 N–H and O–H groups in total. The molecule has 0 aliphatic rings. The van der Waals surface area contributed by atoms with Gasteiger partial charge in [-0.05, 0) is 51.9 Å². The lowest BCUT2D eigenvalue weighted by molar-refractivity contribution is 0.268. The van der Waals surface area contributed by atoms with Gasteiger partial charge in [0.05, 0.1) is 12.4 Å². The largest absolute Gasteiger partial charge is 0.304 e. The topological polar surface area (TPSA) is 75.2 Å². The second kappa shape index (κ2) is 7.87. The molecule has 1 heterocycles. The van der Waals surface area contributed by atoms with Crippen molar-refractivity contribution >= 4 is 21.6 Å². The van der Waals surface area contributed by atoms with Gasteiger partial charge in [-0.3, -0.25) is 0 Å². The monoisotopic (exact) mass is 320 g/mol. The lowest BCUT2D eigenvalue weighted by Gasteiger charge is -2.20. The van der Waals surface area contributed by atoms with E-state index in [1.807, 2.05) is 0 Å². The Morgan fingerprint density at radius 2 is 1.90 bits per heavy atom. The van der Waals surface area contributed by atoms with Gasteiger partial charge in [-0.15, -0.1) is 0 Å². The maximum absolute atomic E-state index is 11.9. The standard InChI is InChI=1S/C12H21ClN4O2S/c1-10(2)17(3)7-5-4-6-16-20(18,19)11-8-14-12(13)15-9-11/h8-10,16H,4-7H2,1-3H3. The van der Waals surface area contributed by atoms with Crippen LogP contribution in [-0.2, 0) is 10.0 Å². The molecule has 0 radical (unpaired) electrons. The number of hydrogen-bond acceptors (Lipinski definition) is 5. The molecule has 20 heavy (non-hydrogen) atoms. The maximum atomic E-state index is 11.9. The van der Waals surface area contributed by atoms with Crippen LogP contribution in [0.4, 0.5) is 0 Å². The van der Waals surface area contributed by atoms with Crippen molar-refractivity contribution < 1.29 is 8.42 Å². The molecule has 0 aliphatic heterocycles.